The van der Waals surface area contributed by atoms with E-state index in [0.29, 0.717) is 0 Å². The lowest BCUT2D eigenvalue weighted by molar-refractivity contribution is 0.175. The second-order valence-electron chi connectivity index (χ2n) is 5.48. The molecule has 1 saturated heterocycles. The standard InChI is InChI=1S/C16H21N3O2/c1-17-16-12(9-19-6-5-13(20)10-19)7-11-3-4-14(21-2)8-15(11)18-16/h3-4,7-8,13,20H,5-6,9-10H2,1-2H3,(H,17,18). The third-order valence-corrected chi connectivity index (χ3v) is 3.98. The summed E-state index contributed by atoms with van der Waals surface area (Å²) in [5.74, 6) is 1.70. The van der Waals surface area contributed by atoms with E-state index in [2.05, 4.69) is 21.3 Å². The van der Waals surface area contributed by atoms with E-state index in [1.807, 2.05) is 25.2 Å². The van der Waals surface area contributed by atoms with Crippen LogP contribution in [0.5, 0.6) is 5.75 Å². The summed E-state index contributed by atoms with van der Waals surface area (Å²) in [7, 11) is 3.55. The van der Waals surface area contributed by atoms with Gasteiger partial charge in [-0.1, -0.05) is 0 Å². The SMILES string of the molecule is CNc1nc2cc(OC)ccc2cc1CN1CCC(O)C1. The van der Waals surface area contributed by atoms with Crippen LogP contribution in [0, 0.1) is 0 Å². The highest BCUT2D eigenvalue weighted by molar-refractivity contribution is 5.83. The molecule has 0 aliphatic carbocycles. The number of aromatic nitrogens is 1. The Morgan fingerprint density at radius 1 is 1.43 bits per heavy atom. The number of β-amino-alcohol motifs (C(OH)–C–C–N with tert-alkyl or cyclic N) is 1. The quantitative estimate of drug-likeness (QED) is 0.899. The molecule has 1 unspecified atom stereocenters. The van der Waals surface area contributed by atoms with Crippen molar-refractivity contribution >= 4 is 16.7 Å². The van der Waals surface area contributed by atoms with Gasteiger partial charge in [0, 0.05) is 43.7 Å². The molecule has 0 bridgehead atoms. The topological polar surface area (TPSA) is 57.6 Å². The van der Waals surface area contributed by atoms with Crippen molar-refractivity contribution in [1.82, 2.24) is 9.88 Å². The van der Waals surface area contributed by atoms with Crippen LogP contribution in [0.2, 0.25) is 0 Å². The number of pyridine rings is 1. The van der Waals surface area contributed by atoms with Gasteiger partial charge in [0.15, 0.2) is 0 Å². The Morgan fingerprint density at radius 3 is 2.95 bits per heavy atom. The molecule has 5 heteroatoms. The Labute approximate surface area is 124 Å². The fourth-order valence-corrected chi connectivity index (χ4v) is 2.85. The number of nitrogens with one attached hydrogen (secondary N) is 1. The molecule has 0 amide bonds. The lowest BCUT2D eigenvalue weighted by Gasteiger charge is -2.18. The minimum Gasteiger partial charge on any atom is -0.497 e. The molecule has 1 atom stereocenters. The number of fused-ring (bicyclic) bond motifs is 1. The van der Waals surface area contributed by atoms with Gasteiger partial charge in [-0.15, -0.1) is 0 Å². The smallest absolute Gasteiger partial charge is 0.130 e. The van der Waals surface area contributed by atoms with Crippen LogP contribution >= 0.6 is 0 Å². The summed E-state index contributed by atoms with van der Waals surface area (Å²) in [5.41, 5.74) is 2.08. The van der Waals surface area contributed by atoms with Crippen molar-refractivity contribution in [2.75, 3.05) is 32.6 Å². The average molecular weight is 287 g/mol. The van der Waals surface area contributed by atoms with Gasteiger partial charge in [0.25, 0.3) is 0 Å². The highest BCUT2D eigenvalue weighted by Gasteiger charge is 2.21. The van der Waals surface area contributed by atoms with Crippen molar-refractivity contribution in [3.05, 3.63) is 29.8 Å². The number of aliphatic hydroxyl groups is 1. The van der Waals surface area contributed by atoms with Gasteiger partial charge >= 0.3 is 0 Å². The maximum absolute atomic E-state index is 9.65. The van der Waals surface area contributed by atoms with Crippen molar-refractivity contribution < 1.29 is 9.84 Å². The first kappa shape index (κ1) is 14.1. The van der Waals surface area contributed by atoms with E-state index >= 15 is 0 Å². The number of aliphatic hydroxyl groups excluding tert-OH is 1. The second-order valence-corrected chi connectivity index (χ2v) is 5.48. The molecule has 1 aromatic carbocycles. The molecule has 1 aliphatic heterocycles. The summed E-state index contributed by atoms with van der Waals surface area (Å²) in [6.07, 6.45) is 0.660. The van der Waals surface area contributed by atoms with E-state index in [4.69, 9.17) is 4.74 Å². The molecule has 1 aromatic heterocycles. The third-order valence-electron chi connectivity index (χ3n) is 3.98. The highest BCUT2D eigenvalue weighted by Crippen LogP contribution is 2.26. The zero-order chi connectivity index (χ0) is 14.8. The maximum Gasteiger partial charge on any atom is 0.130 e. The van der Waals surface area contributed by atoms with E-state index in [1.54, 1.807) is 7.11 Å². The Kier molecular flexibility index (Phi) is 3.94. The first-order chi connectivity index (χ1) is 10.2. The predicted molar refractivity (Wildman–Crippen MR) is 83.7 cm³/mol. The number of hydrogen-bond donors (Lipinski definition) is 2. The van der Waals surface area contributed by atoms with Crippen molar-refractivity contribution in [1.29, 1.82) is 0 Å². The summed E-state index contributed by atoms with van der Waals surface area (Å²) < 4.78 is 5.25. The van der Waals surface area contributed by atoms with E-state index < -0.39 is 0 Å². The Hall–Kier alpha value is -1.85. The van der Waals surface area contributed by atoms with Crippen LogP contribution < -0.4 is 10.1 Å². The van der Waals surface area contributed by atoms with Gasteiger partial charge in [0.05, 0.1) is 18.7 Å². The van der Waals surface area contributed by atoms with Gasteiger partial charge < -0.3 is 15.2 Å². The molecule has 1 fully saturated rings. The van der Waals surface area contributed by atoms with Crippen LogP contribution in [0.4, 0.5) is 5.82 Å². The lowest BCUT2D eigenvalue weighted by atomic mass is 10.1. The zero-order valence-electron chi connectivity index (χ0n) is 12.5. The average Bonchev–Trinajstić information content (AvgIpc) is 2.91. The number of hydrogen-bond acceptors (Lipinski definition) is 5. The van der Waals surface area contributed by atoms with Crippen LogP contribution in [0.25, 0.3) is 10.9 Å². The number of anilines is 1. The van der Waals surface area contributed by atoms with Crippen molar-refractivity contribution in [3.63, 3.8) is 0 Å². The molecular weight excluding hydrogens is 266 g/mol. The molecule has 0 spiro atoms. The summed E-state index contributed by atoms with van der Waals surface area (Å²) >= 11 is 0. The second kappa shape index (κ2) is 5.87. The van der Waals surface area contributed by atoms with Gasteiger partial charge in [0.1, 0.15) is 11.6 Å². The molecule has 2 N–H and O–H groups in total. The Bertz CT molecular complexity index is 645. The summed E-state index contributed by atoms with van der Waals surface area (Å²) in [6.45, 7) is 2.48. The fourth-order valence-electron chi connectivity index (χ4n) is 2.85. The van der Waals surface area contributed by atoms with Crippen LogP contribution in [-0.2, 0) is 6.54 Å². The van der Waals surface area contributed by atoms with E-state index in [1.165, 1.54) is 0 Å². The minimum atomic E-state index is -0.194. The van der Waals surface area contributed by atoms with Crippen molar-refractivity contribution in [3.8, 4) is 5.75 Å². The molecule has 0 saturated carbocycles. The summed E-state index contributed by atoms with van der Waals surface area (Å²) in [5, 5.41) is 13.9. The number of benzene rings is 1. The first-order valence-electron chi connectivity index (χ1n) is 7.25. The van der Waals surface area contributed by atoms with E-state index in [-0.39, 0.29) is 6.10 Å². The maximum atomic E-state index is 9.65. The number of ether oxygens (including phenoxy) is 1. The van der Waals surface area contributed by atoms with E-state index in [0.717, 1.165) is 54.1 Å². The number of rotatable bonds is 4. The molecule has 112 valence electrons. The fraction of sp³-hybridized carbons (Fsp3) is 0.438. The van der Waals surface area contributed by atoms with Gasteiger partial charge in [-0.25, -0.2) is 4.98 Å². The number of likely N-dealkylation sites (tertiary alicyclic amines) is 1. The van der Waals surface area contributed by atoms with Gasteiger partial charge in [-0.2, -0.15) is 0 Å². The minimum absolute atomic E-state index is 0.194. The predicted octanol–water partition coefficient (Wildman–Crippen LogP) is 1.85. The first-order valence-corrected chi connectivity index (χ1v) is 7.25. The summed E-state index contributed by atoms with van der Waals surface area (Å²) in [4.78, 5) is 6.94. The van der Waals surface area contributed by atoms with E-state index in [9.17, 15) is 5.11 Å². The Morgan fingerprint density at radius 2 is 2.29 bits per heavy atom. The van der Waals surface area contributed by atoms with Crippen LogP contribution in [0.3, 0.4) is 0 Å². The lowest BCUT2D eigenvalue weighted by Crippen LogP contribution is -2.22. The monoisotopic (exact) mass is 287 g/mol. The molecule has 0 radical (unpaired) electrons. The van der Waals surface area contributed by atoms with Crippen LogP contribution in [-0.4, -0.2) is 48.3 Å². The van der Waals surface area contributed by atoms with Gasteiger partial charge in [-0.3, -0.25) is 4.90 Å². The molecule has 21 heavy (non-hydrogen) atoms. The number of methoxy groups -OCH3 is 1. The highest BCUT2D eigenvalue weighted by atomic mass is 16.5. The number of nitrogens with zero attached hydrogens (tertiary/aromatic N) is 2. The van der Waals surface area contributed by atoms with Crippen molar-refractivity contribution in [2.45, 2.75) is 19.1 Å². The molecule has 2 aromatic rings. The van der Waals surface area contributed by atoms with Crippen molar-refractivity contribution in [2.24, 2.45) is 0 Å². The van der Waals surface area contributed by atoms with Crippen LogP contribution in [0.1, 0.15) is 12.0 Å². The molecular formula is C16H21N3O2. The molecule has 1 aliphatic rings. The Balaban J connectivity index is 1.93. The molecule has 3 rings (SSSR count). The van der Waals surface area contributed by atoms with Gasteiger partial charge in [-0.05, 0) is 24.6 Å². The molecule has 5 nitrogen and oxygen atoms in total. The molecule has 2 heterocycles. The third kappa shape index (κ3) is 2.94. The van der Waals surface area contributed by atoms with Crippen LogP contribution in [0.15, 0.2) is 24.3 Å². The van der Waals surface area contributed by atoms with Gasteiger partial charge in [0.2, 0.25) is 0 Å². The largest absolute Gasteiger partial charge is 0.497 e. The summed E-state index contributed by atoms with van der Waals surface area (Å²) in [6, 6.07) is 8.09. The normalized spacial score (nSPS) is 19.1. The zero-order valence-corrected chi connectivity index (χ0v) is 12.5.